The van der Waals surface area contributed by atoms with Crippen molar-refractivity contribution in [2.24, 2.45) is 0 Å². The zero-order valence-electron chi connectivity index (χ0n) is 11.3. The lowest BCUT2D eigenvalue weighted by Crippen LogP contribution is -2.05. The molecule has 0 bridgehead atoms. The molecule has 1 aliphatic carbocycles. The van der Waals surface area contributed by atoms with E-state index in [9.17, 15) is 13.2 Å². The van der Waals surface area contributed by atoms with Crippen LogP contribution in [0.5, 0.6) is 0 Å². The van der Waals surface area contributed by atoms with Crippen LogP contribution in [0, 0.1) is 0 Å². The Balaban J connectivity index is 2.06. The number of anilines is 1. The summed E-state index contributed by atoms with van der Waals surface area (Å²) in [5, 5.41) is 3.75. The van der Waals surface area contributed by atoms with Gasteiger partial charge in [-0.05, 0) is 30.5 Å². The molecule has 1 saturated carbocycles. The second kappa shape index (κ2) is 5.09. The van der Waals surface area contributed by atoms with E-state index in [4.69, 9.17) is 10.3 Å². The number of nitrogens with two attached hydrogens (primary N) is 1. The highest BCUT2D eigenvalue weighted by atomic mass is 19.4. The van der Waals surface area contributed by atoms with Crippen LogP contribution in [0.1, 0.15) is 42.9 Å². The Morgan fingerprint density at radius 3 is 2.57 bits per heavy atom. The molecule has 0 saturated heterocycles. The molecule has 0 radical (unpaired) electrons. The zero-order chi connectivity index (χ0) is 15.0. The lowest BCUT2D eigenvalue weighted by molar-refractivity contribution is -0.137. The summed E-state index contributed by atoms with van der Waals surface area (Å²) in [7, 11) is 0. The van der Waals surface area contributed by atoms with E-state index in [1.165, 1.54) is 6.07 Å². The van der Waals surface area contributed by atoms with Gasteiger partial charge in [0.2, 0.25) is 0 Å². The number of rotatable bonds is 2. The van der Waals surface area contributed by atoms with Crippen LogP contribution < -0.4 is 5.73 Å². The minimum atomic E-state index is -4.38. The third-order valence-electron chi connectivity index (χ3n) is 3.95. The van der Waals surface area contributed by atoms with Gasteiger partial charge in [-0.15, -0.1) is 0 Å². The van der Waals surface area contributed by atoms with Crippen LogP contribution in [-0.4, -0.2) is 5.16 Å². The van der Waals surface area contributed by atoms with E-state index in [1.807, 2.05) is 0 Å². The van der Waals surface area contributed by atoms with Gasteiger partial charge in [-0.25, -0.2) is 0 Å². The number of benzene rings is 1. The molecule has 21 heavy (non-hydrogen) atoms. The van der Waals surface area contributed by atoms with Gasteiger partial charge in [0.15, 0.2) is 5.82 Å². The highest BCUT2D eigenvalue weighted by Gasteiger charge is 2.32. The van der Waals surface area contributed by atoms with E-state index in [0.29, 0.717) is 16.9 Å². The standard InChI is InChI=1S/C15H15F3N2O/c16-15(17,18)11-7-3-6-10(8-11)12-13(21-20-14(12)19)9-4-1-2-5-9/h3,6-9H,1-2,4-5H2,(H2,19,20). The normalized spacial score (nSPS) is 16.5. The van der Waals surface area contributed by atoms with Gasteiger partial charge >= 0.3 is 6.18 Å². The van der Waals surface area contributed by atoms with Gasteiger partial charge in [-0.2, -0.15) is 13.2 Å². The van der Waals surface area contributed by atoms with E-state index in [2.05, 4.69) is 5.16 Å². The fraction of sp³-hybridized carbons (Fsp3) is 0.400. The lowest BCUT2D eigenvalue weighted by atomic mass is 9.95. The fourth-order valence-electron chi connectivity index (χ4n) is 2.92. The van der Waals surface area contributed by atoms with Crippen molar-refractivity contribution in [2.45, 2.75) is 37.8 Å². The second-order valence-electron chi connectivity index (χ2n) is 5.37. The quantitative estimate of drug-likeness (QED) is 0.881. The van der Waals surface area contributed by atoms with Gasteiger partial charge < -0.3 is 10.3 Å². The Morgan fingerprint density at radius 2 is 1.90 bits per heavy atom. The molecule has 0 unspecified atom stereocenters. The average Bonchev–Trinajstić information content (AvgIpc) is 3.06. The van der Waals surface area contributed by atoms with Gasteiger partial charge in [0.25, 0.3) is 0 Å². The summed E-state index contributed by atoms with van der Waals surface area (Å²) < 4.78 is 43.8. The SMILES string of the molecule is Nc1noc(C2CCCC2)c1-c1cccc(C(F)(F)F)c1. The van der Waals surface area contributed by atoms with Crippen LogP contribution in [0.4, 0.5) is 19.0 Å². The molecule has 1 aromatic carbocycles. The number of aromatic nitrogens is 1. The highest BCUT2D eigenvalue weighted by molar-refractivity contribution is 5.76. The van der Waals surface area contributed by atoms with Crippen LogP contribution in [0.2, 0.25) is 0 Å². The summed E-state index contributed by atoms with van der Waals surface area (Å²) in [5.41, 5.74) is 6.03. The maximum Gasteiger partial charge on any atom is 0.416 e. The molecule has 1 aromatic heterocycles. The van der Waals surface area contributed by atoms with Crippen molar-refractivity contribution in [2.75, 3.05) is 5.73 Å². The predicted octanol–water partition coefficient (Wildman–Crippen LogP) is 4.60. The van der Waals surface area contributed by atoms with Gasteiger partial charge in [0, 0.05) is 5.92 Å². The van der Waals surface area contributed by atoms with Crippen molar-refractivity contribution in [3.63, 3.8) is 0 Å². The van der Waals surface area contributed by atoms with Crippen LogP contribution in [0.15, 0.2) is 28.8 Å². The summed E-state index contributed by atoms with van der Waals surface area (Å²) in [4.78, 5) is 0. The molecule has 112 valence electrons. The van der Waals surface area contributed by atoms with Crippen LogP contribution in [0.25, 0.3) is 11.1 Å². The number of hydrogen-bond acceptors (Lipinski definition) is 3. The summed E-state index contributed by atoms with van der Waals surface area (Å²) in [6.45, 7) is 0. The maximum atomic E-state index is 12.8. The summed E-state index contributed by atoms with van der Waals surface area (Å²) >= 11 is 0. The maximum absolute atomic E-state index is 12.8. The number of halogens is 3. The third kappa shape index (κ3) is 2.62. The average molecular weight is 296 g/mol. The van der Waals surface area contributed by atoms with Gasteiger partial charge in [-0.1, -0.05) is 30.1 Å². The Morgan fingerprint density at radius 1 is 1.19 bits per heavy atom. The molecular weight excluding hydrogens is 281 g/mol. The van der Waals surface area contributed by atoms with Gasteiger partial charge in [0.05, 0.1) is 11.1 Å². The smallest absolute Gasteiger partial charge is 0.380 e. The summed E-state index contributed by atoms with van der Waals surface area (Å²) in [6, 6.07) is 5.13. The number of alkyl halides is 3. The molecule has 3 rings (SSSR count). The first-order valence-electron chi connectivity index (χ1n) is 6.89. The number of hydrogen-bond donors (Lipinski definition) is 1. The molecule has 1 fully saturated rings. The van der Waals surface area contributed by atoms with E-state index in [1.54, 1.807) is 6.07 Å². The van der Waals surface area contributed by atoms with Gasteiger partial charge in [0.1, 0.15) is 5.76 Å². The van der Waals surface area contributed by atoms with Crippen molar-refractivity contribution in [1.82, 2.24) is 5.16 Å². The first-order valence-corrected chi connectivity index (χ1v) is 6.89. The lowest BCUT2D eigenvalue weighted by Gasteiger charge is -2.11. The Hall–Kier alpha value is -1.98. The molecule has 1 heterocycles. The summed E-state index contributed by atoms with van der Waals surface area (Å²) in [6.07, 6.45) is -0.281. The zero-order valence-corrected chi connectivity index (χ0v) is 11.3. The summed E-state index contributed by atoms with van der Waals surface area (Å²) in [5.74, 6) is 0.958. The monoisotopic (exact) mass is 296 g/mol. The van der Waals surface area contributed by atoms with Crippen molar-refractivity contribution >= 4 is 5.82 Å². The third-order valence-corrected chi connectivity index (χ3v) is 3.95. The molecule has 1 aliphatic rings. The largest absolute Gasteiger partial charge is 0.416 e. The molecule has 0 spiro atoms. The minimum absolute atomic E-state index is 0.149. The molecular formula is C15H15F3N2O. The van der Waals surface area contributed by atoms with Gasteiger partial charge in [-0.3, -0.25) is 0 Å². The molecule has 2 aromatic rings. The molecule has 3 nitrogen and oxygen atoms in total. The van der Waals surface area contributed by atoms with Crippen LogP contribution in [0.3, 0.4) is 0 Å². The molecule has 0 aliphatic heterocycles. The Bertz CT molecular complexity index is 643. The van der Waals surface area contributed by atoms with Crippen LogP contribution in [-0.2, 0) is 6.18 Å². The number of nitrogen functional groups attached to an aromatic ring is 1. The van der Waals surface area contributed by atoms with Crippen molar-refractivity contribution in [3.05, 3.63) is 35.6 Å². The van der Waals surface area contributed by atoms with E-state index < -0.39 is 11.7 Å². The van der Waals surface area contributed by atoms with Crippen LogP contribution >= 0.6 is 0 Å². The predicted molar refractivity (Wildman–Crippen MR) is 72.6 cm³/mol. The molecule has 6 heteroatoms. The first-order chi connectivity index (χ1) is 9.97. The molecule has 0 atom stereocenters. The van der Waals surface area contributed by atoms with E-state index >= 15 is 0 Å². The Labute approximate surface area is 119 Å². The second-order valence-corrected chi connectivity index (χ2v) is 5.37. The van der Waals surface area contributed by atoms with Crippen molar-refractivity contribution in [1.29, 1.82) is 0 Å². The molecule has 2 N–H and O–H groups in total. The topological polar surface area (TPSA) is 52.0 Å². The molecule has 0 amide bonds. The van der Waals surface area contributed by atoms with Crippen molar-refractivity contribution in [3.8, 4) is 11.1 Å². The minimum Gasteiger partial charge on any atom is -0.380 e. The van der Waals surface area contributed by atoms with E-state index in [0.717, 1.165) is 37.8 Å². The first kappa shape index (κ1) is 14.0. The van der Waals surface area contributed by atoms with E-state index in [-0.39, 0.29) is 11.7 Å². The number of nitrogens with zero attached hydrogens (tertiary/aromatic N) is 1. The fourth-order valence-corrected chi connectivity index (χ4v) is 2.92. The highest BCUT2D eigenvalue weighted by Crippen LogP contribution is 2.42. The van der Waals surface area contributed by atoms with Crippen molar-refractivity contribution < 1.29 is 17.7 Å². The Kier molecular flexibility index (Phi) is 3.39.